The molecule has 0 unspecified atom stereocenters. The molecule has 0 saturated carbocycles. The molecule has 126 valence electrons. The van der Waals surface area contributed by atoms with Crippen molar-refractivity contribution >= 4 is 33.1 Å². The lowest BCUT2D eigenvalue weighted by molar-refractivity contribution is -0.119. The van der Waals surface area contributed by atoms with Crippen molar-refractivity contribution in [3.05, 3.63) is 57.0 Å². The van der Waals surface area contributed by atoms with Crippen LogP contribution in [0.15, 0.2) is 35.4 Å². The summed E-state index contributed by atoms with van der Waals surface area (Å²) >= 11 is 1.63. The Balaban J connectivity index is 1.61. The molecule has 0 spiro atoms. The smallest absolute Gasteiger partial charge is 0.263 e. The summed E-state index contributed by atoms with van der Waals surface area (Å²) in [5.74, 6) is -0.139. The lowest BCUT2D eigenvalue weighted by Crippen LogP contribution is -2.33. The quantitative estimate of drug-likeness (QED) is 0.733. The van der Waals surface area contributed by atoms with Crippen LogP contribution in [0.5, 0.6) is 0 Å². The van der Waals surface area contributed by atoms with Crippen molar-refractivity contribution in [3.63, 3.8) is 0 Å². The first-order valence-electron chi connectivity index (χ1n) is 8.62. The van der Waals surface area contributed by atoms with Gasteiger partial charge in [0.15, 0.2) is 0 Å². The number of rotatable bonds is 1. The molecule has 0 fully saturated rings. The number of carbonyl (C=O) groups excluding carboxylic acids is 1. The van der Waals surface area contributed by atoms with Crippen LogP contribution in [-0.4, -0.2) is 15.5 Å². The number of carbonyl (C=O) groups is 1. The minimum atomic E-state index is -0.520. The first kappa shape index (κ1) is 14.8. The lowest BCUT2D eigenvalue weighted by atomic mass is 10.1. The van der Waals surface area contributed by atoms with Crippen molar-refractivity contribution in [1.82, 2.24) is 9.55 Å². The second kappa shape index (κ2) is 5.52. The van der Waals surface area contributed by atoms with Crippen molar-refractivity contribution in [2.24, 2.45) is 0 Å². The van der Waals surface area contributed by atoms with E-state index in [4.69, 9.17) is 0 Å². The number of para-hydroxylation sites is 1. The van der Waals surface area contributed by atoms with Crippen molar-refractivity contribution in [3.8, 4) is 0 Å². The maximum Gasteiger partial charge on any atom is 0.263 e. The number of amides is 1. The van der Waals surface area contributed by atoms with E-state index in [1.807, 2.05) is 24.3 Å². The van der Waals surface area contributed by atoms with Crippen LogP contribution in [0.25, 0.3) is 10.2 Å². The highest BCUT2D eigenvalue weighted by atomic mass is 32.1. The fraction of sp³-hybridized carbons (Fsp3) is 0.316. The molecule has 0 bridgehead atoms. The van der Waals surface area contributed by atoms with Gasteiger partial charge >= 0.3 is 0 Å². The number of nitrogens with one attached hydrogen (secondary N) is 1. The molecule has 1 aliphatic carbocycles. The normalized spacial score (nSPS) is 19.4. The van der Waals surface area contributed by atoms with Crippen LogP contribution in [-0.2, 0) is 24.1 Å². The Morgan fingerprint density at radius 3 is 2.96 bits per heavy atom. The standard InChI is InChI=1S/C19H17N3O2S/c23-17-14(9-8-11-4-1-2-6-13(11)21-17)22-10-20-18-16(19(22)24)12-5-3-7-15(12)25-18/h1-2,4,6,10,14H,3,5,7-9H2,(H,21,23)/t14-/m0/s1. The highest BCUT2D eigenvalue weighted by Gasteiger charge is 2.28. The molecule has 0 saturated heterocycles. The van der Waals surface area contributed by atoms with Gasteiger partial charge in [-0.25, -0.2) is 4.98 Å². The molecule has 1 aromatic carbocycles. The minimum absolute atomic E-state index is 0.0736. The Labute approximate surface area is 148 Å². The van der Waals surface area contributed by atoms with Crippen molar-refractivity contribution in [2.75, 3.05) is 5.32 Å². The van der Waals surface area contributed by atoms with Crippen LogP contribution in [0.2, 0.25) is 0 Å². The summed E-state index contributed by atoms with van der Waals surface area (Å²) in [7, 11) is 0. The number of fused-ring (bicyclic) bond motifs is 4. The van der Waals surface area contributed by atoms with E-state index >= 15 is 0 Å². The topological polar surface area (TPSA) is 64.0 Å². The first-order chi connectivity index (χ1) is 12.2. The van der Waals surface area contributed by atoms with Gasteiger partial charge < -0.3 is 5.32 Å². The molecule has 6 heteroatoms. The summed E-state index contributed by atoms with van der Waals surface area (Å²) in [6, 6.07) is 7.29. The third kappa shape index (κ3) is 2.24. The molecule has 25 heavy (non-hydrogen) atoms. The molecule has 5 nitrogen and oxygen atoms in total. The molecule has 0 radical (unpaired) electrons. The molecule has 5 rings (SSSR count). The number of aromatic nitrogens is 2. The van der Waals surface area contributed by atoms with E-state index in [9.17, 15) is 9.59 Å². The second-order valence-electron chi connectivity index (χ2n) is 6.70. The van der Waals surface area contributed by atoms with Gasteiger partial charge in [0.05, 0.1) is 11.7 Å². The van der Waals surface area contributed by atoms with E-state index in [2.05, 4.69) is 10.3 Å². The number of hydrogen-bond donors (Lipinski definition) is 1. The van der Waals surface area contributed by atoms with Crippen LogP contribution in [0.3, 0.4) is 0 Å². The minimum Gasteiger partial charge on any atom is -0.324 e. The molecular formula is C19H17N3O2S. The average molecular weight is 351 g/mol. The van der Waals surface area contributed by atoms with Crippen molar-refractivity contribution in [2.45, 2.75) is 38.1 Å². The van der Waals surface area contributed by atoms with Gasteiger partial charge in [0.1, 0.15) is 10.9 Å². The number of anilines is 1. The number of hydrogen-bond acceptors (Lipinski definition) is 4. The Morgan fingerprint density at radius 2 is 2.04 bits per heavy atom. The fourth-order valence-electron chi connectivity index (χ4n) is 3.98. The summed E-state index contributed by atoms with van der Waals surface area (Å²) in [4.78, 5) is 32.5. The molecule has 1 amide bonds. The Morgan fingerprint density at radius 1 is 1.16 bits per heavy atom. The Kier molecular flexibility index (Phi) is 3.28. The maximum atomic E-state index is 13.1. The highest BCUT2D eigenvalue weighted by molar-refractivity contribution is 7.18. The predicted octanol–water partition coefficient (Wildman–Crippen LogP) is 3.07. The van der Waals surface area contributed by atoms with Gasteiger partial charge in [0.2, 0.25) is 5.91 Å². The summed E-state index contributed by atoms with van der Waals surface area (Å²) in [6.07, 6.45) is 5.99. The highest BCUT2D eigenvalue weighted by Crippen LogP contribution is 2.35. The van der Waals surface area contributed by atoms with Crippen molar-refractivity contribution in [1.29, 1.82) is 0 Å². The van der Waals surface area contributed by atoms with Gasteiger partial charge in [0.25, 0.3) is 5.56 Å². The van der Waals surface area contributed by atoms with Crippen LogP contribution in [0.1, 0.15) is 34.9 Å². The Hall–Kier alpha value is -2.47. The molecular weight excluding hydrogens is 334 g/mol. The molecule has 3 aromatic rings. The van der Waals surface area contributed by atoms with E-state index < -0.39 is 6.04 Å². The van der Waals surface area contributed by atoms with E-state index in [-0.39, 0.29) is 11.5 Å². The molecule has 2 aliphatic rings. The molecule has 1 N–H and O–H groups in total. The molecule has 1 atom stereocenters. The zero-order valence-corrected chi connectivity index (χ0v) is 14.4. The van der Waals surface area contributed by atoms with Gasteiger partial charge in [0, 0.05) is 10.6 Å². The van der Waals surface area contributed by atoms with Crippen LogP contribution in [0, 0.1) is 0 Å². The predicted molar refractivity (Wildman–Crippen MR) is 98.3 cm³/mol. The van der Waals surface area contributed by atoms with E-state index in [1.54, 1.807) is 17.7 Å². The Bertz CT molecular complexity index is 1070. The summed E-state index contributed by atoms with van der Waals surface area (Å²) in [6.45, 7) is 0. The van der Waals surface area contributed by atoms with Gasteiger partial charge in [-0.3, -0.25) is 14.2 Å². The van der Waals surface area contributed by atoms with Crippen LogP contribution < -0.4 is 10.9 Å². The summed E-state index contributed by atoms with van der Waals surface area (Å²) in [5, 5.41) is 3.70. The number of aryl methyl sites for hydroxylation is 3. The van der Waals surface area contributed by atoms with Gasteiger partial charge in [-0.05, 0) is 49.3 Å². The number of benzene rings is 1. The summed E-state index contributed by atoms with van der Waals surface area (Å²) < 4.78 is 1.54. The molecule has 2 aromatic heterocycles. The lowest BCUT2D eigenvalue weighted by Gasteiger charge is -2.16. The monoisotopic (exact) mass is 351 g/mol. The van der Waals surface area contributed by atoms with E-state index in [0.717, 1.165) is 52.7 Å². The molecule has 1 aliphatic heterocycles. The van der Waals surface area contributed by atoms with Crippen LogP contribution in [0.4, 0.5) is 5.69 Å². The van der Waals surface area contributed by atoms with Crippen molar-refractivity contribution < 1.29 is 4.79 Å². The third-order valence-electron chi connectivity index (χ3n) is 5.25. The number of thiophene rings is 1. The van der Waals surface area contributed by atoms with E-state index in [1.165, 1.54) is 9.44 Å². The molecule has 3 heterocycles. The maximum absolute atomic E-state index is 13.1. The third-order valence-corrected chi connectivity index (χ3v) is 6.45. The van der Waals surface area contributed by atoms with Crippen LogP contribution >= 0.6 is 11.3 Å². The number of nitrogens with zero attached hydrogens (tertiary/aromatic N) is 2. The first-order valence-corrected chi connectivity index (χ1v) is 9.44. The van der Waals surface area contributed by atoms with E-state index in [0.29, 0.717) is 6.42 Å². The largest absolute Gasteiger partial charge is 0.324 e. The zero-order valence-electron chi connectivity index (χ0n) is 13.6. The van der Waals surface area contributed by atoms with Gasteiger partial charge in [-0.1, -0.05) is 18.2 Å². The SMILES string of the molecule is O=C1Nc2ccccc2CC[C@@H]1n1cnc2sc3c(c2c1=O)CCC3. The second-order valence-corrected chi connectivity index (χ2v) is 7.78. The van der Waals surface area contributed by atoms with Gasteiger partial charge in [-0.15, -0.1) is 11.3 Å². The van der Waals surface area contributed by atoms with Gasteiger partial charge in [-0.2, -0.15) is 0 Å². The fourth-order valence-corrected chi connectivity index (χ4v) is 5.20. The average Bonchev–Trinajstić information content (AvgIpc) is 3.14. The zero-order chi connectivity index (χ0) is 17.0. The summed E-state index contributed by atoms with van der Waals surface area (Å²) in [5.41, 5.74) is 3.03.